The minimum absolute atomic E-state index is 0.0737. The molecule has 0 heterocycles. The third-order valence-electron chi connectivity index (χ3n) is 2.63. The summed E-state index contributed by atoms with van der Waals surface area (Å²) in [5, 5.41) is 9.27. The fourth-order valence-electron chi connectivity index (χ4n) is 1.91. The molecule has 14 heavy (non-hydrogen) atoms. The first-order chi connectivity index (χ1) is 6.79. The molecule has 1 unspecified atom stereocenters. The van der Waals surface area contributed by atoms with E-state index < -0.39 is 0 Å². The van der Waals surface area contributed by atoms with Crippen LogP contribution in [-0.2, 0) is 17.6 Å². The number of hydrogen-bond donors (Lipinski definition) is 1. The fourth-order valence-corrected chi connectivity index (χ4v) is 1.91. The van der Waals surface area contributed by atoms with Gasteiger partial charge in [0.05, 0.1) is 6.04 Å². The molecule has 0 saturated carbocycles. The summed E-state index contributed by atoms with van der Waals surface area (Å²) in [6, 6.07) is 5.43. The van der Waals surface area contributed by atoms with Crippen molar-refractivity contribution in [2.24, 2.45) is 4.99 Å². The van der Waals surface area contributed by atoms with Gasteiger partial charge in [0.1, 0.15) is 5.75 Å². The van der Waals surface area contributed by atoms with Crippen molar-refractivity contribution in [3.8, 4) is 5.75 Å². The molecule has 1 atom stereocenters. The summed E-state index contributed by atoms with van der Waals surface area (Å²) >= 11 is 0. The zero-order valence-electron chi connectivity index (χ0n) is 7.73. The number of nitrogens with zero attached hydrogens (tertiary/aromatic N) is 1. The van der Waals surface area contributed by atoms with Crippen LogP contribution in [0, 0.1) is 0 Å². The molecule has 0 fully saturated rings. The molecule has 0 aromatic heterocycles. The minimum Gasteiger partial charge on any atom is -0.508 e. The molecule has 0 amide bonds. The van der Waals surface area contributed by atoms with Gasteiger partial charge in [-0.15, -0.1) is 0 Å². The van der Waals surface area contributed by atoms with Crippen LogP contribution in [-0.4, -0.2) is 17.2 Å². The number of isocyanates is 1. The van der Waals surface area contributed by atoms with E-state index in [0.29, 0.717) is 5.75 Å². The number of aliphatic imine (C=N–C) groups is 1. The molecule has 0 radical (unpaired) electrons. The Morgan fingerprint density at radius 3 is 3.07 bits per heavy atom. The van der Waals surface area contributed by atoms with Crippen LogP contribution in [0.4, 0.5) is 0 Å². The van der Waals surface area contributed by atoms with Gasteiger partial charge in [0.2, 0.25) is 6.08 Å². The average Bonchev–Trinajstić information content (AvgIpc) is 2.19. The van der Waals surface area contributed by atoms with E-state index in [1.807, 2.05) is 6.07 Å². The number of hydrogen-bond acceptors (Lipinski definition) is 3. The van der Waals surface area contributed by atoms with Crippen LogP contribution in [0.25, 0.3) is 0 Å². The summed E-state index contributed by atoms with van der Waals surface area (Å²) < 4.78 is 0. The van der Waals surface area contributed by atoms with Crippen molar-refractivity contribution >= 4 is 6.08 Å². The Labute approximate surface area is 82.1 Å². The van der Waals surface area contributed by atoms with Crippen molar-refractivity contribution < 1.29 is 9.90 Å². The van der Waals surface area contributed by atoms with Crippen LogP contribution in [0.5, 0.6) is 5.75 Å². The number of rotatable bonds is 1. The number of phenolic OH excluding ortho intramolecular Hbond substituents is 1. The molecule has 3 heteroatoms. The summed E-state index contributed by atoms with van der Waals surface area (Å²) in [7, 11) is 0. The predicted octanol–water partition coefficient (Wildman–Crippen LogP) is 1.59. The Morgan fingerprint density at radius 1 is 1.43 bits per heavy atom. The summed E-state index contributed by atoms with van der Waals surface area (Å²) in [5.41, 5.74) is 2.35. The van der Waals surface area contributed by atoms with Gasteiger partial charge < -0.3 is 5.11 Å². The van der Waals surface area contributed by atoms with E-state index in [1.165, 1.54) is 11.1 Å². The smallest absolute Gasteiger partial charge is 0.235 e. The third kappa shape index (κ3) is 1.68. The third-order valence-corrected chi connectivity index (χ3v) is 2.63. The van der Waals surface area contributed by atoms with Crippen LogP contribution in [0.2, 0.25) is 0 Å². The number of benzene rings is 1. The van der Waals surface area contributed by atoms with Gasteiger partial charge in [-0.05, 0) is 42.5 Å². The molecule has 0 saturated heterocycles. The van der Waals surface area contributed by atoms with E-state index in [-0.39, 0.29) is 6.04 Å². The second-order valence-electron chi connectivity index (χ2n) is 3.57. The van der Waals surface area contributed by atoms with Crippen molar-refractivity contribution in [1.29, 1.82) is 0 Å². The summed E-state index contributed by atoms with van der Waals surface area (Å²) in [6.45, 7) is 0. The first-order valence-electron chi connectivity index (χ1n) is 4.67. The van der Waals surface area contributed by atoms with E-state index >= 15 is 0 Å². The average molecular weight is 189 g/mol. The molecule has 1 aliphatic carbocycles. The lowest BCUT2D eigenvalue weighted by atomic mass is 9.88. The highest BCUT2D eigenvalue weighted by atomic mass is 16.3. The van der Waals surface area contributed by atoms with Crippen LogP contribution < -0.4 is 0 Å². The largest absolute Gasteiger partial charge is 0.508 e. The molecule has 0 spiro atoms. The summed E-state index contributed by atoms with van der Waals surface area (Å²) in [4.78, 5) is 13.8. The first kappa shape index (κ1) is 8.97. The second-order valence-corrected chi connectivity index (χ2v) is 3.57. The van der Waals surface area contributed by atoms with E-state index in [4.69, 9.17) is 0 Å². The second kappa shape index (κ2) is 3.64. The lowest BCUT2D eigenvalue weighted by Crippen LogP contribution is -2.16. The molecule has 1 aromatic rings. The Balaban J connectivity index is 2.27. The van der Waals surface area contributed by atoms with Crippen molar-refractivity contribution in [2.75, 3.05) is 0 Å². The Kier molecular flexibility index (Phi) is 2.33. The maximum atomic E-state index is 10.1. The molecule has 1 aromatic carbocycles. The van der Waals surface area contributed by atoms with E-state index in [1.54, 1.807) is 18.2 Å². The highest BCUT2D eigenvalue weighted by molar-refractivity contribution is 5.39. The number of carbonyl (C=O) groups excluding carboxylic acids is 1. The van der Waals surface area contributed by atoms with Gasteiger partial charge in [0.25, 0.3) is 0 Å². The van der Waals surface area contributed by atoms with Gasteiger partial charge in [0, 0.05) is 0 Å². The highest BCUT2D eigenvalue weighted by Crippen LogP contribution is 2.25. The lowest BCUT2D eigenvalue weighted by Gasteiger charge is -2.20. The van der Waals surface area contributed by atoms with Gasteiger partial charge in [-0.2, -0.15) is 0 Å². The topological polar surface area (TPSA) is 49.7 Å². The van der Waals surface area contributed by atoms with Crippen LogP contribution in [0.3, 0.4) is 0 Å². The zero-order valence-corrected chi connectivity index (χ0v) is 7.73. The minimum atomic E-state index is 0.0737. The molecular weight excluding hydrogens is 178 g/mol. The molecule has 1 N–H and O–H groups in total. The molecule has 0 bridgehead atoms. The Bertz CT molecular complexity index is 394. The van der Waals surface area contributed by atoms with Crippen LogP contribution >= 0.6 is 0 Å². The van der Waals surface area contributed by atoms with Crippen molar-refractivity contribution in [2.45, 2.75) is 25.3 Å². The SMILES string of the molecule is O=C=NC1CCc2cc(O)ccc2C1. The van der Waals surface area contributed by atoms with Crippen molar-refractivity contribution in [3.63, 3.8) is 0 Å². The van der Waals surface area contributed by atoms with Gasteiger partial charge in [0.15, 0.2) is 0 Å². The van der Waals surface area contributed by atoms with Gasteiger partial charge in [-0.3, -0.25) is 0 Å². The molecule has 0 aliphatic heterocycles. The molecule has 2 rings (SSSR count). The Morgan fingerprint density at radius 2 is 2.29 bits per heavy atom. The highest BCUT2D eigenvalue weighted by Gasteiger charge is 2.17. The van der Waals surface area contributed by atoms with Crippen LogP contribution in [0.15, 0.2) is 23.2 Å². The van der Waals surface area contributed by atoms with E-state index in [0.717, 1.165) is 19.3 Å². The molecule has 1 aliphatic rings. The standard InChI is InChI=1S/C11H11NO2/c13-7-12-10-3-1-9-6-11(14)4-2-8(9)5-10/h2,4,6,10,14H,1,3,5H2. The fraction of sp³-hybridized carbons (Fsp3) is 0.364. The normalized spacial score (nSPS) is 19.6. The van der Waals surface area contributed by atoms with Gasteiger partial charge in [-0.25, -0.2) is 9.79 Å². The number of aryl methyl sites for hydroxylation is 1. The molecular formula is C11H11NO2. The molecule has 3 nitrogen and oxygen atoms in total. The van der Waals surface area contributed by atoms with Gasteiger partial charge in [-0.1, -0.05) is 6.07 Å². The predicted molar refractivity (Wildman–Crippen MR) is 52.0 cm³/mol. The molecule has 72 valence electrons. The van der Waals surface area contributed by atoms with Gasteiger partial charge >= 0.3 is 0 Å². The Hall–Kier alpha value is -1.60. The maximum Gasteiger partial charge on any atom is 0.235 e. The van der Waals surface area contributed by atoms with Crippen molar-refractivity contribution in [1.82, 2.24) is 0 Å². The van der Waals surface area contributed by atoms with Crippen LogP contribution in [0.1, 0.15) is 17.5 Å². The maximum absolute atomic E-state index is 10.1. The summed E-state index contributed by atoms with van der Waals surface area (Å²) in [5.74, 6) is 0.307. The zero-order chi connectivity index (χ0) is 9.97. The number of aromatic hydroxyl groups is 1. The summed E-state index contributed by atoms with van der Waals surface area (Å²) in [6.07, 6.45) is 4.13. The monoisotopic (exact) mass is 189 g/mol. The van der Waals surface area contributed by atoms with Crippen molar-refractivity contribution in [3.05, 3.63) is 29.3 Å². The first-order valence-corrected chi connectivity index (χ1v) is 4.67. The number of fused-ring (bicyclic) bond motifs is 1. The van der Waals surface area contributed by atoms with E-state index in [9.17, 15) is 9.90 Å². The number of phenols is 1. The quantitative estimate of drug-likeness (QED) is 0.538. The van der Waals surface area contributed by atoms with E-state index in [2.05, 4.69) is 4.99 Å². The lowest BCUT2D eigenvalue weighted by molar-refractivity contribution is 0.471.